The molecule has 22 heteroatoms. The van der Waals surface area contributed by atoms with Crippen LogP contribution in [0.4, 0.5) is 26.3 Å². The lowest BCUT2D eigenvalue weighted by Crippen LogP contribution is -2.20. The second-order valence-electron chi connectivity index (χ2n) is 7.05. The number of alkyl halides is 6. The Morgan fingerprint density at radius 2 is 1.05 bits per heavy atom. The fraction of sp³-hybridized carbons (Fsp3) is 0.400. The van der Waals surface area contributed by atoms with Crippen LogP contribution >= 0.6 is 31.8 Å². The van der Waals surface area contributed by atoms with Gasteiger partial charge in [-0.2, -0.15) is 16.8 Å². The molecule has 2 rings (SSSR count). The fourth-order valence-electron chi connectivity index (χ4n) is 2.86. The van der Waals surface area contributed by atoms with Crippen molar-refractivity contribution in [2.75, 3.05) is 25.1 Å². The Labute approximate surface area is 245 Å². The fourth-order valence-corrected chi connectivity index (χ4v) is 7.75. The zero-order chi connectivity index (χ0) is 31.8. The molecule has 2 aromatic carbocycles. The van der Waals surface area contributed by atoms with Crippen LogP contribution < -0.4 is 9.47 Å². The molecule has 0 aliphatic rings. The van der Waals surface area contributed by atoms with Gasteiger partial charge in [0.2, 0.25) is 0 Å². The summed E-state index contributed by atoms with van der Waals surface area (Å²) in [5.74, 6) is -1.69. The van der Waals surface area contributed by atoms with Crippen LogP contribution in [-0.4, -0.2) is 54.7 Å². The van der Waals surface area contributed by atoms with E-state index in [1.54, 1.807) is 13.8 Å². The van der Waals surface area contributed by atoms with Gasteiger partial charge in [0.05, 0.1) is 0 Å². The summed E-state index contributed by atoms with van der Waals surface area (Å²) < 4.78 is 165. The summed E-state index contributed by atoms with van der Waals surface area (Å²) in [6, 6.07) is 6.09. The van der Waals surface area contributed by atoms with Gasteiger partial charge in [0.25, 0.3) is 0 Å². The van der Waals surface area contributed by atoms with Gasteiger partial charge in [0.1, 0.15) is 9.79 Å². The van der Waals surface area contributed by atoms with Crippen LogP contribution in [-0.2, 0) is 42.2 Å². The molecule has 0 atom stereocenters. The number of halogens is 6. The topological polar surface area (TPSA) is 141 Å². The summed E-state index contributed by atoms with van der Waals surface area (Å²) in [7, 11) is -13.8. The Morgan fingerprint density at radius 3 is 1.36 bits per heavy atom. The smallest absolute Gasteiger partial charge is 0.404 e. The third-order valence-corrected chi connectivity index (χ3v) is 9.70. The summed E-state index contributed by atoms with van der Waals surface area (Å²) in [5, 5.41) is 0. The number of rotatable bonds is 16. The van der Waals surface area contributed by atoms with E-state index in [-0.39, 0.29) is 21.3 Å². The molecule has 238 valence electrons. The minimum absolute atomic E-state index is 0.155. The molecule has 0 N–H and O–H groups in total. The number of ether oxygens (including phenoxy) is 2. The number of benzene rings is 2. The van der Waals surface area contributed by atoms with Crippen molar-refractivity contribution in [1.29, 1.82) is 0 Å². The highest BCUT2D eigenvalue weighted by Gasteiger charge is 2.37. The van der Waals surface area contributed by atoms with Gasteiger partial charge < -0.3 is 9.47 Å². The van der Waals surface area contributed by atoms with Crippen molar-refractivity contribution in [2.45, 2.75) is 46.2 Å². The van der Waals surface area contributed by atoms with Gasteiger partial charge in [-0.3, -0.25) is 13.6 Å². The van der Waals surface area contributed by atoms with E-state index in [9.17, 15) is 47.7 Å². The second-order valence-corrected chi connectivity index (χ2v) is 13.8. The molecule has 0 heterocycles. The number of thioether (sulfide) groups is 2. The molecule has 42 heavy (non-hydrogen) atoms. The average Bonchev–Trinajstić information content (AvgIpc) is 2.82. The van der Waals surface area contributed by atoms with Crippen LogP contribution in [0, 0.1) is 0 Å². The predicted octanol–water partition coefficient (Wildman–Crippen LogP) is 6.16. The Balaban J connectivity index is 2.08. The molecule has 0 saturated heterocycles. The van der Waals surface area contributed by atoms with E-state index in [0.717, 1.165) is 47.8 Å². The predicted molar refractivity (Wildman–Crippen MR) is 136 cm³/mol. The Hall–Kier alpha value is -1.71. The molecule has 0 aliphatic carbocycles. The third kappa shape index (κ3) is 11.4. The first-order valence-electron chi connectivity index (χ1n) is 11.0. The monoisotopic (exact) mass is 710 g/mol. The first-order valence-corrected chi connectivity index (χ1v) is 17.0. The van der Waals surface area contributed by atoms with E-state index < -0.39 is 76.1 Å². The summed E-state index contributed by atoms with van der Waals surface area (Å²) in [6.45, 7) is 0.477. The second kappa shape index (κ2) is 15.3. The van der Waals surface area contributed by atoms with Crippen molar-refractivity contribution in [3.63, 3.8) is 0 Å². The van der Waals surface area contributed by atoms with E-state index in [0.29, 0.717) is 0 Å². The standard InChI is InChI=1S/C20H21F6O11PS4/c1-3-39-15-9-5-7-13(36-19(21,22)23)17(15)41(28,29)34-11-32-38(27)33-12-35-42(30,31)18-14(37-20(24,25)26)8-6-10-16(18)40-4-2/h5-10,38H,3-4,11-12H2,1-2H3. The van der Waals surface area contributed by atoms with Crippen molar-refractivity contribution in [2.24, 2.45) is 0 Å². The maximum absolute atomic E-state index is 12.8. The van der Waals surface area contributed by atoms with Gasteiger partial charge in [0.15, 0.2) is 25.1 Å². The number of hydrogen-bond donors (Lipinski definition) is 0. The van der Waals surface area contributed by atoms with Crippen molar-refractivity contribution < 1.29 is 74.6 Å². The van der Waals surface area contributed by atoms with Crippen LogP contribution in [0.5, 0.6) is 11.5 Å². The summed E-state index contributed by atoms with van der Waals surface area (Å²) in [5.41, 5.74) is 0. The van der Waals surface area contributed by atoms with Crippen molar-refractivity contribution in [3.05, 3.63) is 36.4 Å². The molecule has 11 nitrogen and oxygen atoms in total. The van der Waals surface area contributed by atoms with Gasteiger partial charge in [-0.1, -0.05) is 26.0 Å². The first kappa shape index (κ1) is 36.5. The lowest BCUT2D eigenvalue weighted by Gasteiger charge is -2.16. The third-order valence-electron chi connectivity index (χ3n) is 4.20. The minimum atomic E-state index is -5.25. The molecule has 0 fully saturated rings. The maximum atomic E-state index is 12.8. The molecule has 0 amide bonds. The van der Waals surface area contributed by atoms with Crippen LogP contribution in [0.15, 0.2) is 56.0 Å². The Kier molecular flexibility index (Phi) is 13.3. The summed E-state index contributed by atoms with van der Waals surface area (Å²) >= 11 is 1.71. The quantitative estimate of drug-likeness (QED) is 0.0647. The molecule has 0 aromatic heterocycles. The molecule has 0 radical (unpaired) electrons. The Bertz CT molecular complexity index is 1340. The SMILES string of the molecule is CCSc1cccc(OC(F)(F)F)c1S(=O)(=O)OCO[PH](=O)OCOS(=O)(=O)c1c(OC(F)(F)F)cccc1SCC. The zero-order valence-corrected chi connectivity index (χ0v) is 25.5. The van der Waals surface area contributed by atoms with Crippen LogP contribution in [0.3, 0.4) is 0 Å². The molecular weight excluding hydrogens is 689 g/mol. The van der Waals surface area contributed by atoms with Crippen LogP contribution in [0.1, 0.15) is 13.8 Å². The highest BCUT2D eigenvalue weighted by Crippen LogP contribution is 2.39. The van der Waals surface area contributed by atoms with Crippen LogP contribution in [0.2, 0.25) is 0 Å². The summed E-state index contributed by atoms with van der Waals surface area (Å²) in [4.78, 5) is -2.27. The van der Waals surface area contributed by atoms with E-state index in [4.69, 9.17) is 0 Å². The minimum Gasteiger partial charge on any atom is -0.404 e. The zero-order valence-electron chi connectivity index (χ0n) is 21.2. The van der Waals surface area contributed by atoms with E-state index in [2.05, 4.69) is 26.9 Å². The van der Waals surface area contributed by atoms with Gasteiger partial charge >= 0.3 is 41.2 Å². The van der Waals surface area contributed by atoms with Crippen LogP contribution in [0.25, 0.3) is 0 Å². The largest absolute Gasteiger partial charge is 0.573 e. The molecule has 0 spiro atoms. The number of hydrogen-bond acceptors (Lipinski definition) is 13. The molecule has 2 aromatic rings. The maximum Gasteiger partial charge on any atom is 0.573 e. The molecular formula is C20H21F6O11PS4. The van der Waals surface area contributed by atoms with Gasteiger partial charge in [0, 0.05) is 9.79 Å². The highest BCUT2D eigenvalue weighted by atomic mass is 32.2. The van der Waals surface area contributed by atoms with E-state index in [1.165, 1.54) is 12.1 Å². The molecule has 0 unspecified atom stereocenters. The van der Waals surface area contributed by atoms with Crippen molar-refractivity contribution >= 4 is 52.0 Å². The molecule has 0 bridgehead atoms. The first-order chi connectivity index (χ1) is 19.4. The van der Waals surface area contributed by atoms with Gasteiger partial charge in [-0.15, -0.1) is 49.9 Å². The van der Waals surface area contributed by atoms with Gasteiger partial charge in [-0.05, 0) is 35.8 Å². The molecule has 0 aliphatic heterocycles. The van der Waals surface area contributed by atoms with Crippen molar-refractivity contribution in [1.82, 2.24) is 0 Å². The van der Waals surface area contributed by atoms with Gasteiger partial charge in [-0.25, -0.2) is 8.37 Å². The average molecular weight is 711 g/mol. The van der Waals surface area contributed by atoms with E-state index >= 15 is 0 Å². The Morgan fingerprint density at radius 1 is 0.690 bits per heavy atom. The summed E-state index contributed by atoms with van der Waals surface area (Å²) in [6.07, 6.45) is -10.5. The lowest BCUT2D eigenvalue weighted by molar-refractivity contribution is -0.276. The normalized spacial score (nSPS) is 13.0. The van der Waals surface area contributed by atoms with Crippen molar-refractivity contribution in [3.8, 4) is 11.5 Å². The molecule has 0 saturated carbocycles. The van der Waals surface area contributed by atoms with E-state index in [1.807, 2.05) is 0 Å². The lowest BCUT2D eigenvalue weighted by atomic mass is 10.3. The highest BCUT2D eigenvalue weighted by molar-refractivity contribution is 8.00.